The van der Waals surface area contributed by atoms with Gasteiger partial charge < -0.3 is 4.42 Å². The molecule has 2 aromatic heterocycles. The molecule has 5 aromatic carbocycles. The summed E-state index contributed by atoms with van der Waals surface area (Å²) >= 11 is 0. The maximum atomic E-state index is 6.64. The second-order valence-electron chi connectivity index (χ2n) is 13.5. The van der Waals surface area contributed by atoms with E-state index in [1.165, 1.54) is 39.0 Å². The summed E-state index contributed by atoms with van der Waals surface area (Å²) in [5, 5.41) is 5.45. The van der Waals surface area contributed by atoms with Gasteiger partial charge in [0.2, 0.25) is 0 Å². The van der Waals surface area contributed by atoms with E-state index in [4.69, 9.17) is 14.4 Å². The molecule has 0 bridgehead atoms. The minimum Gasteiger partial charge on any atom is -0.455 e. The average molecular weight is 643 g/mol. The Labute approximate surface area is 291 Å². The number of hydrogen-bond donors (Lipinski definition) is 0. The Morgan fingerprint density at radius 2 is 1.48 bits per heavy atom. The highest BCUT2D eigenvalue weighted by molar-refractivity contribution is 6.19. The van der Waals surface area contributed by atoms with E-state index in [1.54, 1.807) is 0 Å². The van der Waals surface area contributed by atoms with Crippen LogP contribution in [0.4, 0.5) is 0 Å². The molecule has 0 aliphatic heterocycles. The number of aromatic nitrogens is 2. The monoisotopic (exact) mass is 642 g/mol. The summed E-state index contributed by atoms with van der Waals surface area (Å²) in [4.78, 5) is 10.5. The average Bonchev–Trinajstić information content (AvgIpc) is 3.38. The van der Waals surface area contributed by atoms with Gasteiger partial charge in [-0.25, -0.2) is 9.97 Å². The van der Waals surface area contributed by atoms with Crippen LogP contribution in [-0.4, -0.2) is 9.97 Å². The topological polar surface area (TPSA) is 38.9 Å². The number of hydrogen-bond acceptors (Lipinski definition) is 3. The molecule has 0 radical (unpaired) electrons. The lowest BCUT2D eigenvalue weighted by Gasteiger charge is -2.16. The van der Waals surface area contributed by atoms with Gasteiger partial charge in [-0.05, 0) is 101 Å². The Balaban J connectivity index is 1.12. The summed E-state index contributed by atoms with van der Waals surface area (Å²) in [5.41, 5.74) is 13.9. The normalized spacial score (nSPS) is 15.7. The summed E-state index contributed by atoms with van der Waals surface area (Å²) in [5.74, 6) is 0.743. The first kappa shape index (κ1) is 28.9. The summed E-state index contributed by atoms with van der Waals surface area (Å²) < 4.78 is 6.64. The lowest BCUT2D eigenvalue weighted by Crippen LogP contribution is -2.00. The van der Waals surface area contributed by atoms with Gasteiger partial charge in [0.05, 0.1) is 11.2 Å². The van der Waals surface area contributed by atoms with Crippen molar-refractivity contribution in [1.82, 2.24) is 9.97 Å². The second kappa shape index (κ2) is 11.8. The number of para-hydroxylation sites is 1. The SMILES string of the molecule is C1=CCCC(c2nc(-c3cc4c5cc(C6=CCCC(c7ccc8c(c7)CC=CC=C8)=C6)ccc5oc4c4ccccc34)nc3ccccc23)=C1. The van der Waals surface area contributed by atoms with Gasteiger partial charge in [-0.15, -0.1) is 0 Å². The van der Waals surface area contributed by atoms with Crippen LogP contribution in [0.1, 0.15) is 53.6 Å². The van der Waals surface area contributed by atoms with Crippen LogP contribution in [0.25, 0.3) is 77.8 Å². The summed E-state index contributed by atoms with van der Waals surface area (Å²) in [6.07, 6.45) is 25.1. The molecule has 2 heterocycles. The van der Waals surface area contributed by atoms with Crippen molar-refractivity contribution in [3.05, 3.63) is 168 Å². The zero-order valence-electron chi connectivity index (χ0n) is 27.7. The molecule has 7 aromatic rings. The minimum absolute atomic E-state index is 0.743. The Morgan fingerprint density at radius 3 is 2.40 bits per heavy atom. The molecule has 3 aliphatic carbocycles. The molecule has 3 nitrogen and oxygen atoms in total. The van der Waals surface area contributed by atoms with E-state index in [-0.39, 0.29) is 0 Å². The van der Waals surface area contributed by atoms with E-state index in [0.29, 0.717) is 0 Å². The number of allylic oxidation sites excluding steroid dienone is 11. The Bertz CT molecular complexity index is 2730. The number of rotatable bonds is 4. The molecule has 3 heteroatoms. The molecule has 0 saturated heterocycles. The lowest BCUT2D eigenvalue weighted by atomic mass is 9.88. The predicted molar refractivity (Wildman–Crippen MR) is 210 cm³/mol. The summed E-state index contributed by atoms with van der Waals surface area (Å²) in [7, 11) is 0. The van der Waals surface area contributed by atoms with E-state index >= 15 is 0 Å². The van der Waals surface area contributed by atoms with Crippen molar-refractivity contribution in [1.29, 1.82) is 0 Å². The van der Waals surface area contributed by atoms with E-state index < -0.39 is 0 Å². The predicted octanol–water partition coefficient (Wildman–Crippen LogP) is 12.5. The standard InChI is InChI=1S/C47H34N2O/c1-3-12-30-22-23-35(26-32(30)15-6-1)33-16-11-17-34(27-33)36-24-25-44-40(28-36)41-29-42(37-18-7-8-19-38(37)46(41)50-44)47-48-43-21-10-9-20-39(43)45(49-47)31-13-4-2-5-14-31/h1-4,6-10,12-13,17-29H,5,11,14-16H2. The first-order valence-corrected chi connectivity index (χ1v) is 17.7. The van der Waals surface area contributed by atoms with E-state index in [2.05, 4.69) is 146 Å². The van der Waals surface area contributed by atoms with E-state index in [0.717, 1.165) is 92.8 Å². The van der Waals surface area contributed by atoms with Gasteiger partial charge in [0.1, 0.15) is 11.2 Å². The summed E-state index contributed by atoms with van der Waals surface area (Å²) in [6, 6.07) is 32.7. The zero-order valence-corrected chi connectivity index (χ0v) is 27.7. The lowest BCUT2D eigenvalue weighted by molar-refractivity contribution is 0.672. The molecule has 0 saturated carbocycles. The zero-order chi connectivity index (χ0) is 33.0. The van der Waals surface area contributed by atoms with Crippen LogP contribution in [-0.2, 0) is 6.42 Å². The van der Waals surface area contributed by atoms with Gasteiger partial charge in [0, 0.05) is 27.1 Å². The molecule has 0 amide bonds. The van der Waals surface area contributed by atoms with Gasteiger partial charge in [-0.1, -0.05) is 121 Å². The number of nitrogens with zero attached hydrogens (tertiary/aromatic N) is 2. The molecule has 0 spiro atoms. The maximum absolute atomic E-state index is 6.64. The Hall–Kier alpha value is -6.06. The fraction of sp³-hybridized carbons (Fsp3) is 0.106. The smallest absolute Gasteiger partial charge is 0.161 e. The fourth-order valence-electron chi connectivity index (χ4n) is 7.91. The van der Waals surface area contributed by atoms with Gasteiger partial charge >= 0.3 is 0 Å². The van der Waals surface area contributed by atoms with Crippen molar-refractivity contribution >= 4 is 66.4 Å². The van der Waals surface area contributed by atoms with Crippen LogP contribution in [0.2, 0.25) is 0 Å². The van der Waals surface area contributed by atoms with Crippen molar-refractivity contribution in [2.75, 3.05) is 0 Å². The van der Waals surface area contributed by atoms with Crippen molar-refractivity contribution in [3.8, 4) is 11.4 Å². The first-order valence-electron chi connectivity index (χ1n) is 17.7. The first-order chi connectivity index (χ1) is 24.8. The highest BCUT2D eigenvalue weighted by Crippen LogP contribution is 2.42. The minimum atomic E-state index is 0.743. The Morgan fingerprint density at radius 1 is 0.620 bits per heavy atom. The number of furan rings is 1. The van der Waals surface area contributed by atoms with Crippen molar-refractivity contribution in [2.45, 2.75) is 32.1 Å². The molecule has 3 aliphatic rings. The third kappa shape index (κ3) is 4.89. The second-order valence-corrected chi connectivity index (χ2v) is 13.5. The molecule has 50 heavy (non-hydrogen) atoms. The van der Waals surface area contributed by atoms with Crippen LogP contribution in [0.5, 0.6) is 0 Å². The van der Waals surface area contributed by atoms with Gasteiger partial charge in [-0.3, -0.25) is 0 Å². The quantitative estimate of drug-likeness (QED) is 0.192. The highest BCUT2D eigenvalue weighted by Gasteiger charge is 2.20. The molecule has 0 atom stereocenters. The van der Waals surface area contributed by atoms with Gasteiger partial charge in [-0.2, -0.15) is 0 Å². The van der Waals surface area contributed by atoms with E-state index in [9.17, 15) is 0 Å². The van der Waals surface area contributed by atoms with Gasteiger partial charge in [0.25, 0.3) is 0 Å². The maximum Gasteiger partial charge on any atom is 0.161 e. The Kier molecular flexibility index (Phi) is 6.83. The van der Waals surface area contributed by atoms with Crippen LogP contribution in [0.3, 0.4) is 0 Å². The molecule has 10 rings (SSSR count). The largest absolute Gasteiger partial charge is 0.455 e. The van der Waals surface area contributed by atoms with Crippen LogP contribution < -0.4 is 0 Å². The van der Waals surface area contributed by atoms with Crippen molar-refractivity contribution in [3.63, 3.8) is 0 Å². The van der Waals surface area contributed by atoms with Crippen LogP contribution in [0.15, 0.2) is 144 Å². The van der Waals surface area contributed by atoms with Gasteiger partial charge in [0.15, 0.2) is 5.82 Å². The molecular weight excluding hydrogens is 609 g/mol. The van der Waals surface area contributed by atoms with E-state index in [1.807, 2.05) is 0 Å². The van der Waals surface area contributed by atoms with Crippen LogP contribution in [0, 0.1) is 0 Å². The molecular formula is C47H34N2O. The third-order valence-electron chi connectivity index (χ3n) is 10.5. The highest BCUT2D eigenvalue weighted by atomic mass is 16.3. The van der Waals surface area contributed by atoms with Crippen molar-refractivity contribution < 1.29 is 4.42 Å². The molecule has 0 unspecified atom stereocenters. The number of fused-ring (bicyclic) bond motifs is 7. The van der Waals surface area contributed by atoms with Crippen molar-refractivity contribution in [2.24, 2.45) is 0 Å². The molecule has 0 fully saturated rings. The molecule has 0 N–H and O–H groups in total. The van der Waals surface area contributed by atoms with Crippen LogP contribution >= 0.6 is 0 Å². The third-order valence-corrected chi connectivity index (χ3v) is 10.5. The fourth-order valence-corrected chi connectivity index (χ4v) is 7.91. The molecule has 238 valence electrons. The summed E-state index contributed by atoms with van der Waals surface area (Å²) in [6.45, 7) is 0. The number of benzene rings is 5.